The van der Waals surface area contributed by atoms with Gasteiger partial charge in [-0.1, -0.05) is 30.7 Å². The molecule has 1 saturated heterocycles. The number of carbonyl (C=O) groups is 2. The second-order valence-electron chi connectivity index (χ2n) is 8.61. The molecular weight excluding hydrogens is 454 g/mol. The minimum absolute atomic E-state index is 0.202. The summed E-state index contributed by atoms with van der Waals surface area (Å²) in [5.74, 6) is -0.794. The molecule has 1 aliphatic heterocycles. The first-order valence-corrected chi connectivity index (χ1v) is 12.9. The Morgan fingerprint density at radius 1 is 1.06 bits per heavy atom. The Kier molecular flexibility index (Phi) is 8.68. The highest BCUT2D eigenvalue weighted by atomic mass is 32.2. The fourth-order valence-corrected chi connectivity index (χ4v) is 6.20. The number of hydrogen-bond acceptors (Lipinski definition) is 5. The van der Waals surface area contributed by atoms with E-state index in [1.165, 1.54) is 0 Å². The molecule has 0 radical (unpaired) electrons. The number of benzene rings is 2. The molecule has 0 aromatic heterocycles. The van der Waals surface area contributed by atoms with Gasteiger partial charge in [0.1, 0.15) is 5.75 Å². The summed E-state index contributed by atoms with van der Waals surface area (Å²) in [5.41, 5.74) is 2.43. The minimum Gasteiger partial charge on any atom is -0.497 e. The highest BCUT2D eigenvalue weighted by Crippen LogP contribution is 2.29. The van der Waals surface area contributed by atoms with Crippen molar-refractivity contribution in [1.29, 1.82) is 0 Å². The number of hydrogen-bond donors (Lipinski definition) is 2. The van der Waals surface area contributed by atoms with E-state index in [1.54, 1.807) is 36.5 Å². The van der Waals surface area contributed by atoms with Crippen LogP contribution in [0.15, 0.2) is 47.4 Å². The summed E-state index contributed by atoms with van der Waals surface area (Å²) in [5, 5.41) is 5.22. The molecule has 8 nitrogen and oxygen atoms in total. The van der Waals surface area contributed by atoms with Crippen molar-refractivity contribution in [1.82, 2.24) is 14.9 Å². The molecule has 0 spiro atoms. The van der Waals surface area contributed by atoms with Crippen LogP contribution in [0.2, 0.25) is 0 Å². The molecule has 2 N–H and O–H groups in total. The van der Waals surface area contributed by atoms with Gasteiger partial charge in [0.2, 0.25) is 10.0 Å². The number of aryl methyl sites for hydroxylation is 2. The van der Waals surface area contributed by atoms with Gasteiger partial charge in [-0.2, -0.15) is 4.31 Å². The second kappa shape index (κ2) is 11.5. The number of nitrogens with zero attached hydrogens (tertiary/aromatic N) is 1. The zero-order valence-electron chi connectivity index (χ0n) is 20.0. The average molecular weight is 488 g/mol. The molecule has 34 heavy (non-hydrogen) atoms. The Labute approximate surface area is 201 Å². The molecule has 2 aromatic carbocycles. The monoisotopic (exact) mass is 487 g/mol. The van der Waals surface area contributed by atoms with Gasteiger partial charge < -0.3 is 15.4 Å². The quantitative estimate of drug-likeness (QED) is 0.557. The van der Waals surface area contributed by atoms with Crippen molar-refractivity contribution in [3.63, 3.8) is 0 Å². The molecule has 1 aliphatic rings. The Balaban J connectivity index is 1.55. The fraction of sp³-hybridized carbons (Fsp3) is 0.440. The molecule has 184 valence electrons. The van der Waals surface area contributed by atoms with Gasteiger partial charge in [0.15, 0.2) is 0 Å². The number of rotatable bonds is 8. The van der Waals surface area contributed by atoms with Crippen molar-refractivity contribution in [2.75, 3.05) is 20.2 Å². The van der Waals surface area contributed by atoms with Crippen LogP contribution in [-0.4, -0.2) is 50.8 Å². The third kappa shape index (κ3) is 6.36. The maximum Gasteiger partial charge on any atom is 0.309 e. The predicted octanol–water partition coefficient (Wildman–Crippen LogP) is 2.68. The van der Waals surface area contributed by atoms with E-state index in [4.69, 9.17) is 4.74 Å². The number of piperidine rings is 1. The van der Waals surface area contributed by atoms with Crippen LogP contribution < -0.4 is 15.4 Å². The van der Waals surface area contributed by atoms with Crippen molar-refractivity contribution in [2.45, 2.75) is 57.0 Å². The van der Waals surface area contributed by atoms with Crippen molar-refractivity contribution in [2.24, 2.45) is 0 Å². The van der Waals surface area contributed by atoms with E-state index in [1.807, 2.05) is 31.2 Å². The molecule has 1 atom stereocenters. The van der Waals surface area contributed by atoms with Crippen molar-refractivity contribution in [3.8, 4) is 5.75 Å². The molecule has 9 heteroatoms. The Hall–Kier alpha value is -2.91. The summed E-state index contributed by atoms with van der Waals surface area (Å²) in [6, 6.07) is 12.4. The number of sulfonamides is 1. The lowest BCUT2D eigenvalue weighted by molar-refractivity contribution is -0.139. The standard InChI is InChI=1S/C25H33N3O5S/c1-18-10-11-19(2)23(15-18)34(31,32)28-14-5-4-8-21(28)12-13-26-24(29)25(30)27-17-20-7-6-9-22(16-20)33-3/h6-7,9-11,15-16,21H,4-5,8,12-14,17H2,1-3H3,(H,26,29)(H,27,30)/t21-/m1/s1. The van der Waals surface area contributed by atoms with Gasteiger partial charge in [-0.15, -0.1) is 0 Å². The predicted molar refractivity (Wildman–Crippen MR) is 130 cm³/mol. The van der Waals surface area contributed by atoms with Gasteiger partial charge in [-0.25, -0.2) is 8.42 Å². The number of nitrogens with one attached hydrogen (secondary N) is 2. The molecule has 0 saturated carbocycles. The molecule has 0 aliphatic carbocycles. The van der Waals surface area contributed by atoms with Crippen LogP contribution in [0.4, 0.5) is 0 Å². The maximum absolute atomic E-state index is 13.4. The summed E-state index contributed by atoms with van der Waals surface area (Å²) in [7, 11) is -2.08. The highest BCUT2D eigenvalue weighted by Gasteiger charge is 2.34. The first-order chi connectivity index (χ1) is 16.2. The van der Waals surface area contributed by atoms with Crippen molar-refractivity contribution < 1.29 is 22.7 Å². The summed E-state index contributed by atoms with van der Waals surface area (Å²) >= 11 is 0. The van der Waals surface area contributed by atoms with Crippen LogP contribution in [0, 0.1) is 13.8 Å². The van der Waals surface area contributed by atoms with Gasteiger partial charge in [-0.05, 0) is 68.0 Å². The van der Waals surface area contributed by atoms with E-state index in [0.29, 0.717) is 23.6 Å². The third-order valence-corrected chi connectivity index (χ3v) is 8.15. The average Bonchev–Trinajstić information content (AvgIpc) is 2.84. The van der Waals surface area contributed by atoms with E-state index in [9.17, 15) is 18.0 Å². The van der Waals surface area contributed by atoms with Crippen LogP contribution in [-0.2, 0) is 26.2 Å². The Morgan fingerprint density at radius 3 is 2.59 bits per heavy atom. The molecule has 0 bridgehead atoms. The van der Waals surface area contributed by atoms with Gasteiger partial charge in [-0.3, -0.25) is 9.59 Å². The van der Waals surface area contributed by atoms with Gasteiger partial charge in [0.25, 0.3) is 0 Å². The Bertz CT molecular complexity index is 1130. The number of carbonyl (C=O) groups excluding carboxylic acids is 2. The molecule has 0 unspecified atom stereocenters. The van der Waals surface area contributed by atoms with Gasteiger partial charge in [0, 0.05) is 25.7 Å². The van der Waals surface area contributed by atoms with Crippen LogP contribution >= 0.6 is 0 Å². The maximum atomic E-state index is 13.4. The van der Waals surface area contributed by atoms with Crippen LogP contribution in [0.1, 0.15) is 42.4 Å². The van der Waals surface area contributed by atoms with E-state index in [-0.39, 0.29) is 19.1 Å². The first kappa shape index (κ1) is 25.7. The van der Waals surface area contributed by atoms with E-state index < -0.39 is 21.8 Å². The van der Waals surface area contributed by atoms with E-state index in [2.05, 4.69) is 10.6 Å². The molecule has 2 amide bonds. The Morgan fingerprint density at radius 2 is 1.82 bits per heavy atom. The van der Waals surface area contributed by atoms with Crippen molar-refractivity contribution >= 4 is 21.8 Å². The first-order valence-electron chi connectivity index (χ1n) is 11.5. The fourth-order valence-electron chi connectivity index (χ4n) is 4.17. The third-order valence-electron chi connectivity index (χ3n) is 6.06. The number of ether oxygens (including phenoxy) is 1. The zero-order valence-corrected chi connectivity index (χ0v) is 20.8. The number of methoxy groups -OCH3 is 1. The summed E-state index contributed by atoms with van der Waals surface area (Å²) in [4.78, 5) is 24.7. The SMILES string of the molecule is COc1cccc(CNC(=O)C(=O)NCC[C@H]2CCCCN2S(=O)(=O)c2cc(C)ccc2C)c1. The summed E-state index contributed by atoms with van der Waals surface area (Å²) in [6.45, 7) is 4.55. The molecule has 1 fully saturated rings. The lowest BCUT2D eigenvalue weighted by atomic mass is 10.0. The van der Waals surface area contributed by atoms with Gasteiger partial charge >= 0.3 is 11.8 Å². The lowest BCUT2D eigenvalue weighted by Crippen LogP contribution is -2.46. The lowest BCUT2D eigenvalue weighted by Gasteiger charge is -2.35. The molecule has 2 aromatic rings. The minimum atomic E-state index is -3.65. The number of amides is 2. The molecular formula is C25H33N3O5S. The summed E-state index contributed by atoms with van der Waals surface area (Å²) in [6.07, 6.45) is 2.90. The van der Waals surface area contributed by atoms with Crippen LogP contribution in [0.5, 0.6) is 5.75 Å². The normalized spacial score (nSPS) is 16.6. The van der Waals surface area contributed by atoms with Gasteiger partial charge in [0.05, 0.1) is 12.0 Å². The molecule has 3 rings (SSSR count). The van der Waals surface area contributed by atoms with E-state index in [0.717, 1.165) is 36.0 Å². The topological polar surface area (TPSA) is 105 Å². The van der Waals surface area contributed by atoms with Crippen LogP contribution in [0.3, 0.4) is 0 Å². The van der Waals surface area contributed by atoms with Crippen molar-refractivity contribution in [3.05, 3.63) is 59.2 Å². The van der Waals surface area contributed by atoms with E-state index >= 15 is 0 Å². The largest absolute Gasteiger partial charge is 0.497 e. The van der Waals surface area contributed by atoms with Crippen LogP contribution in [0.25, 0.3) is 0 Å². The smallest absolute Gasteiger partial charge is 0.309 e. The summed E-state index contributed by atoms with van der Waals surface area (Å²) < 4.78 is 33.5. The molecule has 1 heterocycles. The highest BCUT2D eigenvalue weighted by molar-refractivity contribution is 7.89. The zero-order chi connectivity index (χ0) is 24.7. The second-order valence-corrected chi connectivity index (χ2v) is 10.5.